The normalized spacial score (nSPS) is 23.7. The van der Waals surface area contributed by atoms with Gasteiger partial charge in [0, 0.05) is 12.1 Å². The summed E-state index contributed by atoms with van der Waals surface area (Å²) in [5, 5.41) is 9.86. The van der Waals surface area contributed by atoms with Crippen molar-refractivity contribution >= 4 is 5.91 Å². The van der Waals surface area contributed by atoms with E-state index in [1.807, 2.05) is 0 Å². The van der Waals surface area contributed by atoms with Gasteiger partial charge in [-0.05, 0) is 43.7 Å². The lowest BCUT2D eigenvalue weighted by atomic mass is 9.69. The van der Waals surface area contributed by atoms with E-state index in [-0.39, 0.29) is 23.4 Å². The van der Waals surface area contributed by atoms with Gasteiger partial charge in [-0.2, -0.15) is 13.2 Å². The number of rotatable bonds is 2. The molecular formula is C17H20F3NO2. The second-order valence-corrected chi connectivity index (χ2v) is 6.60. The summed E-state index contributed by atoms with van der Waals surface area (Å²) in [5.74, 6) is -0.270. The van der Waals surface area contributed by atoms with Crippen LogP contribution in [0.15, 0.2) is 24.3 Å². The Morgan fingerprint density at radius 3 is 2.61 bits per heavy atom. The Labute approximate surface area is 133 Å². The largest absolute Gasteiger partial charge is 0.416 e. The lowest BCUT2D eigenvalue weighted by Crippen LogP contribution is -2.61. The third-order valence-electron chi connectivity index (χ3n) is 5.12. The van der Waals surface area contributed by atoms with Crippen LogP contribution < -0.4 is 0 Å². The van der Waals surface area contributed by atoms with Crippen molar-refractivity contribution in [3.8, 4) is 0 Å². The SMILES string of the molecule is O=C(Cc1ccccc1C(F)(F)F)N1CCC(O)CC12CCC2. The van der Waals surface area contributed by atoms with Crippen LogP contribution in [0.4, 0.5) is 13.2 Å². The second kappa shape index (κ2) is 5.82. The molecule has 1 unspecified atom stereocenters. The smallest absolute Gasteiger partial charge is 0.393 e. The number of nitrogens with zero attached hydrogens (tertiary/aromatic N) is 1. The molecule has 6 heteroatoms. The summed E-state index contributed by atoms with van der Waals surface area (Å²) in [5.41, 5.74) is -1.05. The van der Waals surface area contributed by atoms with Crippen molar-refractivity contribution in [1.29, 1.82) is 0 Å². The summed E-state index contributed by atoms with van der Waals surface area (Å²) in [7, 11) is 0. The zero-order valence-electron chi connectivity index (χ0n) is 12.8. The fraction of sp³-hybridized carbons (Fsp3) is 0.588. The third-order valence-corrected chi connectivity index (χ3v) is 5.12. The van der Waals surface area contributed by atoms with Crippen LogP contribution in [0.1, 0.15) is 43.2 Å². The topological polar surface area (TPSA) is 40.5 Å². The summed E-state index contributed by atoms with van der Waals surface area (Å²) in [6, 6.07) is 5.24. The van der Waals surface area contributed by atoms with Crippen molar-refractivity contribution in [2.45, 2.75) is 56.3 Å². The molecule has 3 rings (SSSR count). The highest BCUT2D eigenvalue weighted by atomic mass is 19.4. The van der Waals surface area contributed by atoms with Gasteiger partial charge in [-0.25, -0.2) is 0 Å². The van der Waals surface area contributed by atoms with E-state index in [0.717, 1.165) is 25.3 Å². The first-order valence-corrected chi connectivity index (χ1v) is 7.95. The van der Waals surface area contributed by atoms with E-state index in [1.165, 1.54) is 18.2 Å². The van der Waals surface area contributed by atoms with Crippen molar-refractivity contribution in [2.75, 3.05) is 6.54 Å². The number of likely N-dealkylation sites (tertiary alicyclic amines) is 1. The van der Waals surface area contributed by atoms with E-state index >= 15 is 0 Å². The fourth-order valence-corrected chi connectivity index (χ4v) is 3.82. The zero-order chi connectivity index (χ0) is 16.7. The minimum Gasteiger partial charge on any atom is -0.393 e. The third kappa shape index (κ3) is 3.09. The first-order chi connectivity index (χ1) is 10.8. The Morgan fingerprint density at radius 1 is 1.30 bits per heavy atom. The molecule has 1 aliphatic carbocycles. The van der Waals surface area contributed by atoms with Crippen LogP contribution in [0, 0.1) is 0 Å². The zero-order valence-corrected chi connectivity index (χ0v) is 12.8. The maximum atomic E-state index is 13.1. The van der Waals surface area contributed by atoms with E-state index < -0.39 is 17.8 Å². The Morgan fingerprint density at radius 2 is 2.00 bits per heavy atom. The fourth-order valence-electron chi connectivity index (χ4n) is 3.82. The first-order valence-electron chi connectivity index (χ1n) is 7.95. The predicted octanol–water partition coefficient (Wildman–Crippen LogP) is 3.15. The second-order valence-electron chi connectivity index (χ2n) is 6.60. The number of hydrogen-bond donors (Lipinski definition) is 1. The van der Waals surface area contributed by atoms with E-state index in [2.05, 4.69) is 0 Å². The molecule has 0 bridgehead atoms. The standard InChI is InChI=1S/C17H20F3NO2/c18-17(19,20)14-5-2-1-4-12(14)10-15(23)21-9-6-13(22)11-16(21)7-3-8-16/h1-2,4-5,13,22H,3,6-11H2. The molecule has 2 fully saturated rings. The van der Waals surface area contributed by atoms with Gasteiger partial charge in [0.2, 0.25) is 5.91 Å². The van der Waals surface area contributed by atoms with Crippen LogP contribution in [0.2, 0.25) is 0 Å². The number of halogens is 3. The molecule has 0 radical (unpaired) electrons. The molecule has 23 heavy (non-hydrogen) atoms. The van der Waals surface area contributed by atoms with Gasteiger partial charge in [-0.3, -0.25) is 4.79 Å². The number of amides is 1. The van der Waals surface area contributed by atoms with Crippen LogP contribution >= 0.6 is 0 Å². The summed E-state index contributed by atoms with van der Waals surface area (Å²) in [6.07, 6.45) is -1.42. The molecule has 126 valence electrons. The van der Waals surface area contributed by atoms with Crippen molar-refractivity contribution in [3.63, 3.8) is 0 Å². The Bertz CT molecular complexity index is 596. The number of hydrogen-bond acceptors (Lipinski definition) is 2. The molecule has 2 aliphatic rings. The number of aliphatic hydroxyl groups is 1. The van der Waals surface area contributed by atoms with Crippen LogP contribution in [0.25, 0.3) is 0 Å². The van der Waals surface area contributed by atoms with Gasteiger partial charge in [-0.1, -0.05) is 18.2 Å². The van der Waals surface area contributed by atoms with Crippen molar-refractivity contribution in [1.82, 2.24) is 4.90 Å². The quantitative estimate of drug-likeness (QED) is 0.906. The molecule has 1 aliphatic heterocycles. The van der Waals surface area contributed by atoms with Gasteiger partial charge >= 0.3 is 6.18 Å². The van der Waals surface area contributed by atoms with E-state index in [0.29, 0.717) is 19.4 Å². The Hall–Kier alpha value is -1.56. The molecule has 1 N–H and O–H groups in total. The molecule has 1 aromatic carbocycles. The van der Waals surface area contributed by atoms with Gasteiger partial charge < -0.3 is 10.0 Å². The van der Waals surface area contributed by atoms with Crippen LogP contribution in [0.5, 0.6) is 0 Å². The molecule has 1 saturated heterocycles. The van der Waals surface area contributed by atoms with Gasteiger partial charge in [0.05, 0.1) is 18.1 Å². The summed E-state index contributed by atoms with van der Waals surface area (Å²) in [4.78, 5) is 14.4. The number of benzene rings is 1. The average molecular weight is 327 g/mol. The minimum absolute atomic E-state index is 0.0191. The minimum atomic E-state index is -4.46. The van der Waals surface area contributed by atoms with Crippen molar-refractivity contribution in [2.24, 2.45) is 0 Å². The molecular weight excluding hydrogens is 307 g/mol. The number of carbonyl (C=O) groups excluding carboxylic acids is 1. The van der Waals surface area contributed by atoms with E-state index in [4.69, 9.17) is 0 Å². The predicted molar refractivity (Wildman–Crippen MR) is 78.7 cm³/mol. The van der Waals surface area contributed by atoms with Gasteiger partial charge in [0.15, 0.2) is 0 Å². The Balaban J connectivity index is 1.80. The summed E-state index contributed by atoms with van der Waals surface area (Å²) >= 11 is 0. The van der Waals surface area contributed by atoms with Crippen LogP contribution in [-0.4, -0.2) is 34.1 Å². The van der Waals surface area contributed by atoms with Crippen LogP contribution in [-0.2, 0) is 17.4 Å². The van der Waals surface area contributed by atoms with E-state index in [9.17, 15) is 23.1 Å². The van der Waals surface area contributed by atoms with Gasteiger partial charge in [-0.15, -0.1) is 0 Å². The average Bonchev–Trinajstić information content (AvgIpc) is 2.44. The monoisotopic (exact) mass is 327 g/mol. The van der Waals surface area contributed by atoms with Gasteiger partial charge in [0.1, 0.15) is 0 Å². The number of piperidine rings is 1. The molecule has 1 atom stereocenters. The number of carbonyl (C=O) groups is 1. The molecule has 1 spiro atoms. The molecule has 3 nitrogen and oxygen atoms in total. The van der Waals surface area contributed by atoms with Crippen LogP contribution in [0.3, 0.4) is 0 Å². The molecule has 1 heterocycles. The lowest BCUT2D eigenvalue weighted by Gasteiger charge is -2.54. The summed E-state index contributed by atoms with van der Waals surface area (Å²) < 4.78 is 39.2. The van der Waals surface area contributed by atoms with E-state index in [1.54, 1.807) is 4.90 Å². The number of alkyl halides is 3. The highest BCUT2D eigenvalue weighted by molar-refractivity contribution is 5.80. The molecule has 1 aromatic rings. The highest BCUT2D eigenvalue weighted by Crippen LogP contribution is 2.44. The number of aliphatic hydroxyl groups excluding tert-OH is 1. The molecule has 1 saturated carbocycles. The van der Waals surface area contributed by atoms with Crippen molar-refractivity contribution < 1.29 is 23.1 Å². The highest BCUT2D eigenvalue weighted by Gasteiger charge is 2.48. The maximum Gasteiger partial charge on any atom is 0.416 e. The molecule has 1 amide bonds. The van der Waals surface area contributed by atoms with Gasteiger partial charge in [0.25, 0.3) is 0 Å². The first kappa shape index (κ1) is 16.3. The maximum absolute atomic E-state index is 13.1. The summed E-state index contributed by atoms with van der Waals surface area (Å²) in [6.45, 7) is 0.425. The Kier molecular flexibility index (Phi) is 4.12. The lowest BCUT2D eigenvalue weighted by molar-refractivity contribution is -0.149. The van der Waals surface area contributed by atoms with Crippen molar-refractivity contribution in [3.05, 3.63) is 35.4 Å². The molecule has 0 aromatic heterocycles.